The van der Waals surface area contributed by atoms with E-state index in [-0.39, 0.29) is 31.8 Å². The number of carbonyl (C=O) groups is 2. The standard InChI is InChI=1S/C11H19N3O6S/c1-7-4-13(5-8(2)20-7)21(18,19)14-6-10(15)12-3-9(14)11(16)17/h7-9H,3-6H2,1-2H3,(H,12,15)(H,16,17). The fourth-order valence-electron chi connectivity index (χ4n) is 2.54. The number of hydrogen-bond acceptors (Lipinski definition) is 5. The summed E-state index contributed by atoms with van der Waals surface area (Å²) in [4.78, 5) is 22.7. The number of amides is 1. The molecule has 0 aromatic heterocycles. The third-order valence-corrected chi connectivity index (χ3v) is 5.36. The van der Waals surface area contributed by atoms with E-state index < -0.39 is 34.7 Å². The van der Waals surface area contributed by atoms with Crippen LogP contribution in [-0.2, 0) is 24.5 Å². The Hall–Kier alpha value is -1.23. The molecular weight excluding hydrogens is 302 g/mol. The molecule has 2 rings (SSSR count). The zero-order valence-electron chi connectivity index (χ0n) is 11.9. The van der Waals surface area contributed by atoms with Crippen LogP contribution in [0.4, 0.5) is 0 Å². The molecule has 0 bridgehead atoms. The largest absolute Gasteiger partial charge is 0.480 e. The van der Waals surface area contributed by atoms with Crippen molar-refractivity contribution in [3.63, 3.8) is 0 Å². The van der Waals surface area contributed by atoms with Gasteiger partial charge in [-0.1, -0.05) is 0 Å². The van der Waals surface area contributed by atoms with Crippen LogP contribution in [0.1, 0.15) is 13.8 Å². The maximum absolute atomic E-state index is 12.6. The number of carboxylic acids is 1. The lowest BCUT2D eigenvalue weighted by Gasteiger charge is -2.39. The molecule has 3 atom stereocenters. The van der Waals surface area contributed by atoms with Crippen LogP contribution in [0.25, 0.3) is 0 Å². The summed E-state index contributed by atoms with van der Waals surface area (Å²) in [6, 6.07) is -1.29. The topological polar surface area (TPSA) is 116 Å². The molecule has 2 saturated heterocycles. The third kappa shape index (κ3) is 3.34. The van der Waals surface area contributed by atoms with Gasteiger partial charge in [0.25, 0.3) is 10.2 Å². The second-order valence-corrected chi connectivity index (χ2v) is 7.17. The van der Waals surface area contributed by atoms with Crippen molar-refractivity contribution >= 4 is 22.1 Å². The predicted molar refractivity (Wildman–Crippen MR) is 71.6 cm³/mol. The lowest BCUT2D eigenvalue weighted by atomic mass is 10.2. The zero-order valence-corrected chi connectivity index (χ0v) is 12.7. The molecule has 2 heterocycles. The molecule has 3 unspecified atom stereocenters. The Kier molecular flexibility index (Phi) is 4.51. The van der Waals surface area contributed by atoms with Gasteiger partial charge < -0.3 is 15.2 Å². The molecule has 0 spiro atoms. The molecule has 2 N–H and O–H groups in total. The van der Waals surface area contributed by atoms with Crippen LogP contribution >= 0.6 is 0 Å². The zero-order chi connectivity index (χ0) is 15.8. The summed E-state index contributed by atoms with van der Waals surface area (Å²) in [5.41, 5.74) is 0. The van der Waals surface area contributed by atoms with Gasteiger partial charge in [0, 0.05) is 19.6 Å². The summed E-state index contributed by atoms with van der Waals surface area (Å²) in [5, 5.41) is 11.5. The molecule has 10 heteroatoms. The Labute approximate surface area is 123 Å². The van der Waals surface area contributed by atoms with E-state index >= 15 is 0 Å². The van der Waals surface area contributed by atoms with E-state index in [1.807, 2.05) is 0 Å². The summed E-state index contributed by atoms with van der Waals surface area (Å²) < 4.78 is 32.7. The van der Waals surface area contributed by atoms with Crippen molar-refractivity contribution in [2.75, 3.05) is 26.2 Å². The first-order chi connectivity index (χ1) is 9.71. The monoisotopic (exact) mass is 321 g/mol. The number of hydrogen-bond donors (Lipinski definition) is 2. The van der Waals surface area contributed by atoms with Gasteiger partial charge in [0.15, 0.2) is 0 Å². The molecule has 120 valence electrons. The van der Waals surface area contributed by atoms with E-state index in [0.29, 0.717) is 0 Å². The van der Waals surface area contributed by atoms with E-state index in [1.165, 1.54) is 4.31 Å². The fourth-order valence-corrected chi connectivity index (χ4v) is 4.40. The molecule has 2 aliphatic heterocycles. The van der Waals surface area contributed by atoms with Crippen molar-refractivity contribution in [2.45, 2.75) is 32.1 Å². The number of piperazine rings is 1. The van der Waals surface area contributed by atoms with Crippen LogP contribution in [0.2, 0.25) is 0 Å². The Morgan fingerprint density at radius 3 is 2.43 bits per heavy atom. The predicted octanol–water partition coefficient (Wildman–Crippen LogP) is -1.77. The van der Waals surface area contributed by atoms with E-state index in [1.54, 1.807) is 13.8 Å². The van der Waals surface area contributed by atoms with Crippen molar-refractivity contribution < 1.29 is 27.9 Å². The van der Waals surface area contributed by atoms with Crippen molar-refractivity contribution in [3.8, 4) is 0 Å². The molecule has 1 amide bonds. The highest BCUT2D eigenvalue weighted by atomic mass is 32.2. The minimum Gasteiger partial charge on any atom is -0.480 e. The average molecular weight is 321 g/mol. The molecule has 0 saturated carbocycles. The van der Waals surface area contributed by atoms with Gasteiger partial charge in [-0.25, -0.2) is 0 Å². The first-order valence-electron chi connectivity index (χ1n) is 6.63. The first-order valence-corrected chi connectivity index (χ1v) is 8.03. The molecule has 0 radical (unpaired) electrons. The number of nitrogens with one attached hydrogen (secondary N) is 1. The molecule has 21 heavy (non-hydrogen) atoms. The van der Waals surface area contributed by atoms with Gasteiger partial charge in [0.2, 0.25) is 5.91 Å². The summed E-state index contributed by atoms with van der Waals surface area (Å²) in [5.74, 6) is -1.79. The minimum absolute atomic E-state index is 0.136. The van der Waals surface area contributed by atoms with Crippen LogP contribution in [-0.4, -0.2) is 78.4 Å². The Balaban J connectivity index is 2.27. The number of rotatable bonds is 3. The van der Waals surface area contributed by atoms with Crippen molar-refractivity contribution in [1.82, 2.24) is 13.9 Å². The molecule has 2 aliphatic rings. The van der Waals surface area contributed by atoms with Gasteiger partial charge in [-0.3, -0.25) is 9.59 Å². The highest BCUT2D eigenvalue weighted by molar-refractivity contribution is 7.86. The van der Waals surface area contributed by atoms with Crippen LogP contribution in [0.15, 0.2) is 0 Å². The molecule has 9 nitrogen and oxygen atoms in total. The number of nitrogens with zero attached hydrogens (tertiary/aromatic N) is 2. The van der Waals surface area contributed by atoms with E-state index in [2.05, 4.69) is 5.32 Å². The van der Waals surface area contributed by atoms with Gasteiger partial charge >= 0.3 is 5.97 Å². The Morgan fingerprint density at radius 2 is 1.90 bits per heavy atom. The number of carboxylic acid groups (broad SMARTS) is 1. The van der Waals surface area contributed by atoms with Crippen molar-refractivity contribution in [2.24, 2.45) is 0 Å². The molecule has 0 aromatic carbocycles. The van der Waals surface area contributed by atoms with Crippen LogP contribution in [0.3, 0.4) is 0 Å². The lowest BCUT2D eigenvalue weighted by molar-refractivity contribution is -0.143. The number of carbonyl (C=O) groups excluding carboxylic acids is 1. The summed E-state index contributed by atoms with van der Waals surface area (Å²) in [6.07, 6.45) is -0.573. The van der Waals surface area contributed by atoms with E-state index in [4.69, 9.17) is 9.84 Å². The maximum atomic E-state index is 12.6. The smallest absolute Gasteiger partial charge is 0.323 e. The number of morpholine rings is 1. The number of aliphatic carboxylic acids is 1. The molecule has 0 aliphatic carbocycles. The quantitative estimate of drug-likeness (QED) is 0.635. The summed E-state index contributed by atoms with van der Waals surface area (Å²) in [7, 11) is -4.03. The highest BCUT2D eigenvalue weighted by Gasteiger charge is 2.44. The SMILES string of the molecule is CC1CN(S(=O)(=O)N2CC(=O)NCC2C(=O)O)CC(C)O1. The minimum atomic E-state index is -4.03. The van der Waals surface area contributed by atoms with Gasteiger partial charge in [0.05, 0.1) is 18.8 Å². The van der Waals surface area contributed by atoms with Crippen molar-refractivity contribution in [3.05, 3.63) is 0 Å². The Bertz CT molecular complexity index is 526. The first kappa shape index (κ1) is 16.1. The molecular formula is C11H19N3O6S. The normalized spacial score (nSPS) is 32.7. The average Bonchev–Trinajstić information content (AvgIpc) is 2.37. The van der Waals surface area contributed by atoms with Gasteiger partial charge in [-0.05, 0) is 13.8 Å². The summed E-state index contributed by atoms with van der Waals surface area (Å²) >= 11 is 0. The fraction of sp³-hybridized carbons (Fsp3) is 0.818. The molecule has 2 fully saturated rings. The third-order valence-electron chi connectivity index (χ3n) is 3.43. The van der Waals surface area contributed by atoms with Crippen LogP contribution in [0, 0.1) is 0 Å². The van der Waals surface area contributed by atoms with Crippen LogP contribution < -0.4 is 5.32 Å². The molecule has 0 aromatic rings. The maximum Gasteiger partial charge on any atom is 0.323 e. The Morgan fingerprint density at radius 1 is 1.33 bits per heavy atom. The number of ether oxygens (including phenoxy) is 1. The second-order valence-electron chi connectivity index (χ2n) is 5.29. The van der Waals surface area contributed by atoms with Gasteiger partial charge in [-0.15, -0.1) is 0 Å². The van der Waals surface area contributed by atoms with Crippen molar-refractivity contribution in [1.29, 1.82) is 0 Å². The van der Waals surface area contributed by atoms with Gasteiger partial charge in [0.1, 0.15) is 6.04 Å². The van der Waals surface area contributed by atoms with Gasteiger partial charge in [-0.2, -0.15) is 17.0 Å². The van der Waals surface area contributed by atoms with E-state index in [0.717, 1.165) is 4.31 Å². The van der Waals surface area contributed by atoms with E-state index in [9.17, 15) is 18.0 Å². The second kappa shape index (κ2) is 5.87. The summed E-state index contributed by atoms with van der Waals surface area (Å²) in [6.45, 7) is 3.04. The van der Waals surface area contributed by atoms with Crippen LogP contribution in [0.5, 0.6) is 0 Å². The highest BCUT2D eigenvalue weighted by Crippen LogP contribution is 2.20. The lowest BCUT2D eigenvalue weighted by Crippen LogP contribution is -2.63.